The molecule has 0 amide bonds. The van der Waals surface area contributed by atoms with Gasteiger partial charge in [0.05, 0.1) is 12.7 Å². The Kier molecular flexibility index (Phi) is 5.45. The lowest BCUT2D eigenvalue weighted by atomic mass is 10.0. The topological polar surface area (TPSA) is 40.5 Å². The molecule has 0 aromatic rings. The van der Waals surface area contributed by atoms with E-state index in [1.54, 1.807) is 0 Å². The minimum absolute atomic E-state index is 0.174. The molecule has 0 fully saturated rings. The molecule has 10 heavy (non-hydrogen) atoms. The number of alkyl halides is 2. The summed E-state index contributed by atoms with van der Waals surface area (Å²) >= 11 is 10.9. The van der Waals surface area contributed by atoms with Crippen LogP contribution in [-0.4, -0.2) is 27.8 Å². The van der Waals surface area contributed by atoms with Gasteiger partial charge in [0.1, 0.15) is 4.84 Å². The van der Waals surface area contributed by atoms with E-state index in [1.807, 2.05) is 6.92 Å². The maximum atomic E-state index is 9.16. The second-order valence-corrected chi connectivity index (χ2v) is 3.32. The van der Waals surface area contributed by atoms with E-state index < -0.39 is 16.9 Å². The van der Waals surface area contributed by atoms with Crippen LogP contribution in [0.3, 0.4) is 0 Å². The average Bonchev–Trinajstić information content (AvgIpc) is 1.88. The Bertz CT molecular complexity index is 87.8. The van der Waals surface area contributed by atoms with Gasteiger partial charge in [-0.25, -0.2) is 0 Å². The fourth-order valence-electron chi connectivity index (χ4n) is 0.672. The molecule has 62 valence electrons. The summed E-state index contributed by atoms with van der Waals surface area (Å²) in [6.45, 7) is 1.64. The monoisotopic (exact) mass is 186 g/mol. The van der Waals surface area contributed by atoms with Gasteiger partial charge in [-0.2, -0.15) is 0 Å². The van der Waals surface area contributed by atoms with Crippen LogP contribution in [0.5, 0.6) is 0 Å². The van der Waals surface area contributed by atoms with Crippen LogP contribution in [-0.2, 0) is 0 Å². The molecule has 2 N–H and O–H groups in total. The fraction of sp³-hybridized carbons (Fsp3) is 1.00. The van der Waals surface area contributed by atoms with E-state index in [1.165, 1.54) is 0 Å². The fourth-order valence-corrected chi connectivity index (χ4v) is 1.17. The lowest BCUT2D eigenvalue weighted by molar-refractivity contribution is 0.0715. The summed E-state index contributed by atoms with van der Waals surface area (Å²) in [6.07, 6.45) is -0.0498. The molecular weight excluding hydrogens is 175 g/mol. The van der Waals surface area contributed by atoms with Crippen molar-refractivity contribution >= 4 is 23.2 Å². The molecule has 4 heteroatoms. The van der Waals surface area contributed by atoms with Crippen molar-refractivity contribution in [2.24, 2.45) is 5.92 Å². The van der Waals surface area contributed by atoms with Crippen LogP contribution in [0.1, 0.15) is 13.3 Å². The van der Waals surface area contributed by atoms with Gasteiger partial charge in [-0.05, 0) is 6.42 Å². The Labute approximate surface area is 70.8 Å². The summed E-state index contributed by atoms with van der Waals surface area (Å²) in [6, 6.07) is 0. The third-order valence-electron chi connectivity index (χ3n) is 1.45. The molecule has 0 aromatic heterocycles. The Morgan fingerprint density at radius 3 is 2.00 bits per heavy atom. The molecule has 0 saturated carbocycles. The zero-order valence-corrected chi connectivity index (χ0v) is 7.31. The average molecular weight is 187 g/mol. The Morgan fingerprint density at radius 2 is 1.90 bits per heavy atom. The number of hydrogen-bond donors (Lipinski definition) is 2. The first kappa shape index (κ1) is 10.5. The highest BCUT2D eigenvalue weighted by Crippen LogP contribution is 2.19. The Morgan fingerprint density at radius 1 is 1.40 bits per heavy atom. The highest BCUT2D eigenvalue weighted by atomic mass is 35.5. The highest BCUT2D eigenvalue weighted by molar-refractivity contribution is 6.44. The molecule has 0 aliphatic carbocycles. The van der Waals surface area contributed by atoms with Gasteiger partial charge in [-0.3, -0.25) is 0 Å². The summed E-state index contributed by atoms with van der Waals surface area (Å²) in [4.78, 5) is -0.694. The van der Waals surface area contributed by atoms with Crippen molar-refractivity contribution in [1.29, 1.82) is 0 Å². The number of hydrogen-bond acceptors (Lipinski definition) is 2. The van der Waals surface area contributed by atoms with Crippen molar-refractivity contribution in [3.05, 3.63) is 0 Å². The molecule has 0 radical (unpaired) electrons. The summed E-state index contributed by atoms with van der Waals surface area (Å²) in [5.74, 6) is -0.423. The molecule has 0 rings (SSSR count). The first-order valence-electron chi connectivity index (χ1n) is 3.20. The minimum atomic E-state index is -0.694. The quantitative estimate of drug-likeness (QED) is 0.648. The van der Waals surface area contributed by atoms with Crippen molar-refractivity contribution < 1.29 is 10.2 Å². The second-order valence-electron chi connectivity index (χ2n) is 2.16. The van der Waals surface area contributed by atoms with Crippen LogP contribution in [0.15, 0.2) is 0 Å². The first-order chi connectivity index (χ1) is 4.63. The predicted octanol–water partition coefficient (Wildman–Crippen LogP) is 1.17. The lowest BCUT2D eigenvalue weighted by Gasteiger charge is -2.19. The van der Waals surface area contributed by atoms with E-state index >= 15 is 0 Å². The van der Waals surface area contributed by atoms with Gasteiger partial charge in [0.2, 0.25) is 0 Å². The van der Waals surface area contributed by atoms with Gasteiger partial charge < -0.3 is 10.2 Å². The number of aliphatic hydroxyl groups excluding tert-OH is 2. The van der Waals surface area contributed by atoms with E-state index in [0.717, 1.165) is 0 Å². The van der Waals surface area contributed by atoms with Crippen molar-refractivity contribution in [1.82, 2.24) is 0 Å². The maximum absolute atomic E-state index is 9.16. The molecule has 0 aliphatic heterocycles. The first-order valence-corrected chi connectivity index (χ1v) is 4.07. The number of halogens is 2. The van der Waals surface area contributed by atoms with E-state index in [-0.39, 0.29) is 6.61 Å². The van der Waals surface area contributed by atoms with Crippen LogP contribution in [0, 0.1) is 5.92 Å². The van der Waals surface area contributed by atoms with Crippen molar-refractivity contribution in [3.63, 3.8) is 0 Å². The van der Waals surface area contributed by atoms with Gasteiger partial charge in [0.25, 0.3) is 0 Å². The smallest absolute Gasteiger partial charge is 0.115 e. The van der Waals surface area contributed by atoms with Crippen LogP contribution in [0.2, 0.25) is 0 Å². The van der Waals surface area contributed by atoms with Gasteiger partial charge >= 0.3 is 0 Å². The largest absolute Gasteiger partial charge is 0.396 e. The highest BCUT2D eigenvalue weighted by Gasteiger charge is 2.22. The molecule has 0 aliphatic rings. The molecular formula is C6H12Cl2O2. The van der Waals surface area contributed by atoms with Crippen molar-refractivity contribution in [3.8, 4) is 0 Å². The molecule has 0 bridgehead atoms. The zero-order chi connectivity index (χ0) is 8.15. The number of rotatable bonds is 4. The summed E-state index contributed by atoms with van der Waals surface area (Å²) in [5, 5.41) is 17.8. The van der Waals surface area contributed by atoms with Crippen LogP contribution >= 0.6 is 23.2 Å². The standard InChI is InChI=1S/C6H12Cl2O2/c1-2-5(10)4(3-9)6(7)8/h4-6,9-10H,2-3H2,1H3. The summed E-state index contributed by atoms with van der Waals surface area (Å²) in [7, 11) is 0. The van der Waals surface area contributed by atoms with Gasteiger partial charge in [0, 0.05) is 5.92 Å². The lowest BCUT2D eigenvalue weighted by Crippen LogP contribution is -2.28. The van der Waals surface area contributed by atoms with E-state index in [0.29, 0.717) is 6.42 Å². The van der Waals surface area contributed by atoms with E-state index in [4.69, 9.17) is 33.4 Å². The number of aliphatic hydroxyl groups is 2. The van der Waals surface area contributed by atoms with Gasteiger partial charge in [0.15, 0.2) is 0 Å². The van der Waals surface area contributed by atoms with Crippen LogP contribution in [0.25, 0.3) is 0 Å². The van der Waals surface area contributed by atoms with E-state index in [2.05, 4.69) is 0 Å². The van der Waals surface area contributed by atoms with Gasteiger partial charge in [-0.1, -0.05) is 6.92 Å². The van der Waals surface area contributed by atoms with Gasteiger partial charge in [-0.15, -0.1) is 23.2 Å². The molecule has 2 nitrogen and oxygen atoms in total. The minimum Gasteiger partial charge on any atom is -0.396 e. The van der Waals surface area contributed by atoms with Crippen molar-refractivity contribution in [2.45, 2.75) is 24.3 Å². The normalized spacial score (nSPS) is 17.4. The van der Waals surface area contributed by atoms with E-state index in [9.17, 15) is 0 Å². The molecule has 0 heterocycles. The SMILES string of the molecule is CCC(O)C(CO)C(Cl)Cl. The molecule has 2 atom stereocenters. The predicted molar refractivity (Wildman–Crippen MR) is 42.4 cm³/mol. The molecule has 0 aromatic carbocycles. The zero-order valence-electron chi connectivity index (χ0n) is 5.80. The third kappa shape index (κ3) is 3.06. The maximum Gasteiger partial charge on any atom is 0.115 e. The third-order valence-corrected chi connectivity index (χ3v) is 2.09. The molecule has 2 unspecified atom stereocenters. The Hall–Kier alpha value is 0.500. The van der Waals surface area contributed by atoms with Crippen LogP contribution in [0.4, 0.5) is 0 Å². The van der Waals surface area contributed by atoms with Crippen LogP contribution < -0.4 is 0 Å². The molecule has 0 spiro atoms. The summed E-state index contributed by atoms with van der Waals surface area (Å²) < 4.78 is 0. The Balaban J connectivity index is 3.80. The van der Waals surface area contributed by atoms with Crippen molar-refractivity contribution in [2.75, 3.05) is 6.61 Å². The second kappa shape index (κ2) is 5.19. The summed E-state index contributed by atoms with van der Waals surface area (Å²) in [5.41, 5.74) is 0. The molecule has 0 saturated heterocycles.